The molecule has 1 unspecified atom stereocenters. The second-order valence-corrected chi connectivity index (χ2v) is 5.39. The summed E-state index contributed by atoms with van der Waals surface area (Å²) < 4.78 is 42.1. The molecule has 1 aliphatic heterocycles. The molecule has 1 atom stereocenters. The van der Waals surface area contributed by atoms with Crippen molar-refractivity contribution in [1.29, 1.82) is 0 Å². The number of alkyl halides is 3. The molecule has 1 N–H and O–H groups in total. The minimum Gasteiger partial charge on any atom is -0.466 e. The Labute approximate surface area is 98.4 Å². The van der Waals surface area contributed by atoms with E-state index in [4.69, 9.17) is 0 Å². The monoisotopic (exact) mass is 274 g/mol. The van der Waals surface area contributed by atoms with Crippen LogP contribution < -0.4 is 0 Å². The van der Waals surface area contributed by atoms with Crippen molar-refractivity contribution in [1.82, 2.24) is 0 Å². The lowest BCUT2D eigenvalue weighted by molar-refractivity contribution is -0.218. The van der Waals surface area contributed by atoms with Crippen molar-refractivity contribution >= 4 is 29.5 Å². The number of hydrogen-bond acceptors (Lipinski definition) is 5. The van der Waals surface area contributed by atoms with Crippen LogP contribution in [-0.4, -0.2) is 35.6 Å². The lowest BCUT2D eigenvalue weighted by Crippen LogP contribution is -2.40. The summed E-state index contributed by atoms with van der Waals surface area (Å²) in [6, 6.07) is 0. The van der Waals surface area contributed by atoms with Gasteiger partial charge in [-0.15, -0.1) is 11.8 Å². The minimum atomic E-state index is -4.78. The van der Waals surface area contributed by atoms with Crippen molar-refractivity contribution < 1.29 is 27.8 Å². The molecule has 1 heterocycles. The molecule has 8 heteroatoms. The van der Waals surface area contributed by atoms with Gasteiger partial charge in [-0.05, 0) is 6.26 Å². The Balaban J connectivity index is 2.99. The molecule has 1 rings (SSSR count). The minimum absolute atomic E-state index is 0.125. The fraction of sp³-hybridized carbons (Fsp3) is 0.625. The number of hydrogen-bond donors (Lipinski definition) is 1. The molecule has 0 aromatic heterocycles. The highest BCUT2D eigenvalue weighted by molar-refractivity contribution is 8.22. The van der Waals surface area contributed by atoms with Gasteiger partial charge in [0.05, 0.1) is 16.9 Å². The van der Waals surface area contributed by atoms with Gasteiger partial charge < -0.3 is 9.84 Å². The number of ether oxygens (including phenoxy) is 1. The fourth-order valence-electron chi connectivity index (χ4n) is 1.16. The van der Waals surface area contributed by atoms with Gasteiger partial charge in [0.15, 0.2) is 0 Å². The van der Waals surface area contributed by atoms with E-state index >= 15 is 0 Å². The van der Waals surface area contributed by atoms with Crippen molar-refractivity contribution in [2.75, 3.05) is 13.4 Å². The Kier molecular flexibility index (Phi) is 3.86. The van der Waals surface area contributed by atoms with Crippen molar-refractivity contribution in [3.8, 4) is 0 Å². The van der Waals surface area contributed by atoms with E-state index in [1.54, 1.807) is 0 Å². The first-order chi connectivity index (χ1) is 7.25. The van der Waals surface area contributed by atoms with Crippen molar-refractivity contribution in [2.24, 2.45) is 0 Å². The molecule has 0 amide bonds. The van der Waals surface area contributed by atoms with Gasteiger partial charge in [0, 0.05) is 6.42 Å². The predicted molar refractivity (Wildman–Crippen MR) is 55.8 cm³/mol. The molecular weight excluding hydrogens is 265 g/mol. The summed E-state index contributed by atoms with van der Waals surface area (Å²) in [6.07, 6.45) is -4.02. The number of halogens is 3. The molecule has 3 nitrogen and oxygen atoms in total. The number of carbonyl (C=O) groups excluding carboxylic acids is 1. The van der Waals surface area contributed by atoms with Crippen LogP contribution in [0.15, 0.2) is 9.81 Å². The molecule has 0 fully saturated rings. The van der Waals surface area contributed by atoms with E-state index in [-0.39, 0.29) is 21.6 Å². The maximum Gasteiger partial charge on any atom is 0.427 e. The zero-order chi connectivity index (χ0) is 12.6. The number of methoxy groups -OCH3 is 1. The first-order valence-electron chi connectivity index (χ1n) is 4.08. The van der Waals surface area contributed by atoms with E-state index < -0.39 is 23.5 Å². The second-order valence-electron chi connectivity index (χ2n) is 3.02. The van der Waals surface area contributed by atoms with Gasteiger partial charge >= 0.3 is 12.1 Å². The molecular formula is C8H9F3O3S2. The molecule has 0 spiro atoms. The first kappa shape index (κ1) is 13.7. The molecule has 0 aromatic carbocycles. The third-order valence-electron chi connectivity index (χ3n) is 1.98. The van der Waals surface area contributed by atoms with E-state index in [2.05, 4.69) is 4.74 Å². The lowest BCUT2D eigenvalue weighted by atomic mass is 10.1. The fourth-order valence-corrected chi connectivity index (χ4v) is 3.23. The maximum atomic E-state index is 12.5. The Morgan fingerprint density at radius 1 is 1.62 bits per heavy atom. The molecule has 0 radical (unpaired) electrons. The largest absolute Gasteiger partial charge is 0.466 e. The molecule has 0 aromatic rings. The summed E-state index contributed by atoms with van der Waals surface area (Å²) in [4.78, 5) is 8.29. The average molecular weight is 274 g/mol. The standard InChI is InChI=1S/C8H9F3O3S2/c1-14-5(12)4-3-7(13,8(9,10)11)16-6(4)15-2/h13H,3H2,1-2H3. The highest BCUT2D eigenvalue weighted by Gasteiger charge is 2.59. The topological polar surface area (TPSA) is 46.5 Å². The molecule has 0 aliphatic carbocycles. The average Bonchev–Trinajstić information content (AvgIpc) is 2.55. The van der Waals surface area contributed by atoms with Crippen LogP contribution in [0.1, 0.15) is 6.42 Å². The quantitative estimate of drug-likeness (QED) is 0.782. The van der Waals surface area contributed by atoms with Crippen LogP contribution in [-0.2, 0) is 9.53 Å². The van der Waals surface area contributed by atoms with Gasteiger partial charge in [-0.2, -0.15) is 13.2 Å². The molecule has 16 heavy (non-hydrogen) atoms. The molecule has 92 valence electrons. The number of aliphatic hydroxyl groups is 1. The van der Waals surface area contributed by atoms with E-state index in [0.717, 1.165) is 18.9 Å². The Morgan fingerprint density at radius 3 is 2.56 bits per heavy atom. The van der Waals surface area contributed by atoms with Gasteiger partial charge in [-0.3, -0.25) is 0 Å². The van der Waals surface area contributed by atoms with E-state index in [9.17, 15) is 23.1 Å². The number of thioether (sulfide) groups is 2. The molecule has 0 saturated carbocycles. The van der Waals surface area contributed by atoms with Crippen LogP contribution in [0.4, 0.5) is 13.2 Å². The van der Waals surface area contributed by atoms with Crippen molar-refractivity contribution in [2.45, 2.75) is 17.5 Å². The van der Waals surface area contributed by atoms with Crippen molar-refractivity contribution in [3.05, 3.63) is 9.81 Å². The molecule has 0 bridgehead atoms. The van der Waals surface area contributed by atoms with E-state index in [0.29, 0.717) is 0 Å². The summed E-state index contributed by atoms with van der Waals surface area (Å²) in [5.74, 6) is -0.836. The lowest BCUT2D eigenvalue weighted by Gasteiger charge is -2.24. The van der Waals surface area contributed by atoms with Gasteiger partial charge in [0.2, 0.25) is 4.93 Å². The van der Waals surface area contributed by atoms with Crippen LogP contribution in [0.3, 0.4) is 0 Å². The molecule has 0 saturated heterocycles. The van der Waals surface area contributed by atoms with Gasteiger partial charge in [-0.1, -0.05) is 11.8 Å². The number of rotatable bonds is 2. The molecule has 1 aliphatic rings. The summed E-state index contributed by atoms with van der Waals surface area (Å²) >= 11 is 1.23. The normalized spacial score (nSPS) is 26.1. The smallest absolute Gasteiger partial charge is 0.427 e. The summed E-state index contributed by atoms with van der Waals surface area (Å²) in [5, 5.41) is 9.42. The van der Waals surface area contributed by atoms with Crippen molar-refractivity contribution in [3.63, 3.8) is 0 Å². The SMILES string of the molecule is COC(=O)C1=C(SC)SC(O)(C(F)(F)F)C1. The Hall–Kier alpha value is -0.340. The Bertz CT molecular complexity index is 340. The highest BCUT2D eigenvalue weighted by atomic mass is 32.2. The van der Waals surface area contributed by atoms with E-state index in [1.165, 1.54) is 6.26 Å². The summed E-state index contributed by atoms with van der Waals surface area (Å²) in [7, 11) is 1.09. The van der Waals surface area contributed by atoms with Crippen LogP contribution in [0.25, 0.3) is 0 Å². The van der Waals surface area contributed by atoms with Crippen LogP contribution in [0.5, 0.6) is 0 Å². The van der Waals surface area contributed by atoms with Crippen LogP contribution in [0, 0.1) is 0 Å². The zero-order valence-corrected chi connectivity index (χ0v) is 10.1. The Morgan fingerprint density at radius 2 is 2.19 bits per heavy atom. The highest BCUT2D eigenvalue weighted by Crippen LogP contribution is 2.55. The van der Waals surface area contributed by atoms with Crippen LogP contribution in [0.2, 0.25) is 0 Å². The second kappa shape index (κ2) is 4.50. The van der Waals surface area contributed by atoms with Gasteiger partial charge in [-0.25, -0.2) is 4.79 Å². The van der Waals surface area contributed by atoms with Gasteiger partial charge in [0.25, 0.3) is 0 Å². The van der Waals surface area contributed by atoms with Crippen LogP contribution >= 0.6 is 23.5 Å². The maximum absolute atomic E-state index is 12.5. The zero-order valence-electron chi connectivity index (χ0n) is 8.42. The third-order valence-corrected chi connectivity index (χ3v) is 4.50. The first-order valence-corrected chi connectivity index (χ1v) is 6.13. The summed E-state index contributed by atoms with van der Waals surface area (Å²) in [6.45, 7) is 0. The summed E-state index contributed by atoms with van der Waals surface area (Å²) in [5.41, 5.74) is -0.125. The third kappa shape index (κ3) is 2.33. The van der Waals surface area contributed by atoms with Gasteiger partial charge in [0.1, 0.15) is 0 Å². The van der Waals surface area contributed by atoms with E-state index in [1.807, 2.05) is 0 Å². The number of esters is 1. The number of carbonyl (C=O) groups is 1. The predicted octanol–water partition coefficient (Wildman–Crippen LogP) is 2.12.